The third-order valence-corrected chi connectivity index (χ3v) is 3.62. The molecule has 5 heteroatoms. The van der Waals surface area contributed by atoms with E-state index in [0.29, 0.717) is 5.57 Å². The molecule has 2 atom stereocenters. The molecule has 0 bridgehead atoms. The molecule has 0 saturated carbocycles. The third-order valence-electron chi connectivity index (χ3n) is 3.62. The number of nitriles is 1. The van der Waals surface area contributed by atoms with Gasteiger partial charge in [-0.2, -0.15) is 5.26 Å². The zero-order valence-corrected chi connectivity index (χ0v) is 10.1. The summed E-state index contributed by atoms with van der Waals surface area (Å²) in [6.45, 7) is 3.31. The summed E-state index contributed by atoms with van der Waals surface area (Å²) in [7, 11) is 0. The highest BCUT2D eigenvalue weighted by Gasteiger charge is 2.49. The van der Waals surface area contributed by atoms with E-state index >= 15 is 0 Å². The Hall–Kier alpha value is -2.22. The van der Waals surface area contributed by atoms with E-state index in [9.17, 15) is 9.59 Å². The lowest BCUT2D eigenvalue weighted by atomic mass is 9.75. The summed E-state index contributed by atoms with van der Waals surface area (Å²) in [5.41, 5.74) is -0.386. The van der Waals surface area contributed by atoms with Gasteiger partial charge in [0.05, 0.1) is 5.92 Å². The molecule has 0 aromatic carbocycles. The first-order valence-corrected chi connectivity index (χ1v) is 5.54. The van der Waals surface area contributed by atoms with E-state index < -0.39 is 11.5 Å². The smallest absolute Gasteiger partial charge is 0.225 e. The lowest BCUT2D eigenvalue weighted by Gasteiger charge is -2.33. The summed E-state index contributed by atoms with van der Waals surface area (Å²) in [5, 5.41) is 16.6. The number of rotatable bonds is 1. The maximum Gasteiger partial charge on any atom is 0.225 e. The highest BCUT2D eigenvalue weighted by molar-refractivity contribution is 6.08. The summed E-state index contributed by atoms with van der Waals surface area (Å²) >= 11 is 0. The fraction of sp³-hybridized carbons (Fsp3) is 0.385. The Morgan fingerprint density at radius 1 is 1.50 bits per heavy atom. The zero-order valence-electron chi connectivity index (χ0n) is 10.1. The number of allylic oxidation sites excluding steroid dienone is 2. The minimum atomic E-state index is -1.07. The SMILES string of the molecule is CC1=C(C#N)C(=N)O[C@@]1(C)[C@@H]1CC(=O)C=CC1=O. The second kappa shape index (κ2) is 3.91. The average molecular weight is 244 g/mol. The molecule has 0 aromatic heterocycles. The van der Waals surface area contributed by atoms with Gasteiger partial charge >= 0.3 is 0 Å². The molecule has 0 unspecified atom stereocenters. The maximum absolute atomic E-state index is 11.9. The summed E-state index contributed by atoms with van der Waals surface area (Å²) in [6.07, 6.45) is 2.55. The van der Waals surface area contributed by atoms with Crippen LogP contribution in [0.15, 0.2) is 23.3 Å². The van der Waals surface area contributed by atoms with Crippen LogP contribution in [-0.4, -0.2) is 23.1 Å². The van der Waals surface area contributed by atoms with E-state index in [2.05, 4.69) is 0 Å². The molecule has 0 radical (unpaired) electrons. The average Bonchev–Trinajstić information content (AvgIpc) is 2.54. The minimum Gasteiger partial charge on any atom is -0.465 e. The molecule has 1 aliphatic carbocycles. The highest BCUT2D eigenvalue weighted by atomic mass is 16.5. The highest BCUT2D eigenvalue weighted by Crippen LogP contribution is 2.41. The van der Waals surface area contributed by atoms with Crippen molar-refractivity contribution >= 4 is 17.5 Å². The first kappa shape index (κ1) is 12.2. The van der Waals surface area contributed by atoms with Gasteiger partial charge < -0.3 is 4.74 Å². The maximum atomic E-state index is 11.9. The van der Waals surface area contributed by atoms with E-state index in [1.54, 1.807) is 13.8 Å². The Bertz CT molecular complexity index is 565. The van der Waals surface area contributed by atoms with Crippen LogP contribution < -0.4 is 0 Å². The molecule has 0 fully saturated rings. The van der Waals surface area contributed by atoms with E-state index in [-0.39, 0.29) is 29.5 Å². The van der Waals surface area contributed by atoms with Crippen molar-refractivity contribution in [1.29, 1.82) is 10.7 Å². The molecule has 1 N–H and O–H groups in total. The van der Waals surface area contributed by atoms with Gasteiger partial charge in [0.15, 0.2) is 11.6 Å². The largest absolute Gasteiger partial charge is 0.465 e. The molecule has 0 aromatic rings. The van der Waals surface area contributed by atoms with Gasteiger partial charge in [0.2, 0.25) is 5.90 Å². The lowest BCUT2D eigenvalue weighted by molar-refractivity contribution is -0.130. The number of hydrogen-bond donors (Lipinski definition) is 1. The molecular weight excluding hydrogens is 232 g/mol. The van der Waals surface area contributed by atoms with Crippen LogP contribution >= 0.6 is 0 Å². The monoisotopic (exact) mass is 244 g/mol. The van der Waals surface area contributed by atoms with Crippen LogP contribution in [0.3, 0.4) is 0 Å². The van der Waals surface area contributed by atoms with Crippen molar-refractivity contribution in [3.63, 3.8) is 0 Å². The third kappa shape index (κ3) is 1.58. The molecule has 2 aliphatic rings. The number of nitrogens with zero attached hydrogens (tertiary/aromatic N) is 1. The summed E-state index contributed by atoms with van der Waals surface area (Å²) in [5.74, 6) is -1.24. The first-order chi connectivity index (χ1) is 8.40. The van der Waals surface area contributed by atoms with E-state index in [1.807, 2.05) is 6.07 Å². The van der Waals surface area contributed by atoms with Gasteiger partial charge in [-0.05, 0) is 31.6 Å². The molecule has 0 spiro atoms. The molecule has 0 amide bonds. The van der Waals surface area contributed by atoms with Crippen molar-refractivity contribution < 1.29 is 14.3 Å². The fourth-order valence-corrected chi connectivity index (χ4v) is 2.35. The molecule has 5 nitrogen and oxygen atoms in total. The normalized spacial score (nSPS) is 31.6. The Kier molecular flexibility index (Phi) is 2.66. The van der Waals surface area contributed by atoms with Crippen molar-refractivity contribution in [2.24, 2.45) is 5.92 Å². The van der Waals surface area contributed by atoms with Crippen molar-refractivity contribution in [2.75, 3.05) is 0 Å². The summed E-state index contributed by atoms with van der Waals surface area (Å²) < 4.78 is 5.40. The molecular formula is C13H12N2O3. The quantitative estimate of drug-likeness (QED) is 0.752. The molecule has 92 valence electrons. The van der Waals surface area contributed by atoms with Crippen molar-refractivity contribution in [2.45, 2.75) is 25.9 Å². The van der Waals surface area contributed by atoms with Crippen LogP contribution in [0.4, 0.5) is 0 Å². The number of ketones is 2. The minimum absolute atomic E-state index is 0.0508. The summed E-state index contributed by atoms with van der Waals surface area (Å²) in [4.78, 5) is 23.3. The van der Waals surface area contributed by atoms with Gasteiger partial charge in [-0.15, -0.1) is 0 Å². The Morgan fingerprint density at radius 3 is 2.72 bits per heavy atom. The number of carbonyl (C=O) groups is 2. The van der Waals surface area contributed by atoms with Gasteiger partial charge in [0.1, 0.15) is 17.2 Å². The second-order valence-corrected chi connectivity index (χ2v) is 4.61. The zero-order chi connectivity index (χ0) is 13.5. The molecule has 18 heavy (non-hydrogen) atoms. The van der Waals surface area contributed by atoms with Crippen molar-refractivity contribution in [3.8, 4) is 6.07 Å². The van der Waals surface area contributed by atoms with Crippen LogP contribution in [0.1, 0.15) is 20.3 Å². The fourth-order valence-electron chi connectivity index (χ4n) is 2.35. The first-order valence-electron chi connectivity index (χ1n) is 5.54. The van der Waals surface area contributed by atoms with E-state index in [1.165, 1.54) is 12.2 Å². The number of hydrogen-bond acceptors (Lipinski definition) is 5. The predicted octanol–water partition coefficient (Wildman–Crippen LogP) is 1.31. The van der Waals surface area contributed by atoms with E-state index in [0.717, 1.165) is 0 Å². The summed E-state index contributed by atoms with van der Waals surface area (Å²) in [6, 6.07) is 1.90. The van der Waals surface area contributed by atoms with Crippen LogP contribution in [0.5, 0.6) is 0 Å². The van der Waals surface area contributed by atoms with Gasteiger partial charge in [-0.3, -0.25) is 15.0 Å². The van der Waals surface area contributed by atoms with Gasteiger partial charge in [-0.25, -0.2) is 0 Å². The van der Waals surface area contributed by atoms with Crippen LogP contribution in [0.2, 0.25) is 0 Å². The number of carbonyl (C=O) groups excluding carboxylic acids is 2. The number of ether oxygens (including phenoxy) is 1. The van der Waals surface area contributed by atoms with Crippen LogP contribution in [0, 0.1) is 22.7 Å². The molecule has 2 rings (SSSR count). The van der Waals surface area contributed by atoms with E-state index in [4.69, 9.17) is 15.4 Å². The van der Waals surface area contributed by atoms with Crippen LogP contribution in [0.25, 0.3) is 0 Å². The van der Waals surface area contributed by atoms with Crippen molar-refractivity contribution in [1.82, 2.24) is 0 Å². The standard InChI is InChI=1S/C13H12N2O3/c1-7-9(6-14)12(15)18-13(7,2)10-5-8(16)3-4-11(10)17/h3-4,10,15H,5H2,1-2H3/t10-,13-/m1/s1. The Labute approximate surface area is 104 Å². The van der Waals surface area contributed by atoms with Crippen LogP contribution in [-0.2, 0) is 14.3 Å². The topological polar surface area (TPSA) is 91.0 Å². The Balaban J connectivity index is 2.46. The Morgan fingerprint density at radius 2 is 2.17 bits per heavy atom. The van der Waals surface area contributed by atoms with Gasteiger partial charge in [-0.1, -0.05) is 0 Å². The second-order valence-electron chi connectivity index (χ2n) is 4.61. The van der Waals surface area contributed by atoms with Gasteiger partial charge in [0.25, 0.3) is 0 Å². The molecule has 1 heterocycles. The number of nitrogens with one attached hydrogen (secondary N) is 1. The molecule has 1 aliphatic heterocycles. The predicted molar refractivity (Wildman–Crippen MR) is 62.8 cm³/mol. The van der Waals surface area contributed by atoms with Gasteiger partial charge in [0, 0.05) is 6.42 Å². The molecule has 0 saturated heterocycles. The van der Waals surface area contributed by atoms with Crippen molar-refractivity contribution in [3.05, 3.63) is 23.3 Å². The lowest BCUT2D eigenvalue weighted by Crippen LogP contribution is -2.43.